The number of rotatable bonds is 6. The summed E-state index contributed by atoms with van der Waals surface area (Å²) in [7, 11) is 0. The molecule has 1 aromatic heterocycles. The minimum absolute atomic E-state index is 0.0400. The van der Waals surface area contributed by atoms with Gasteiger partial charge in [0.1, 0.15) is 6.61 Å². The van der Waals surface area contributed by atoms with E-state index in [-0.39, 0.29) is 24.2 Å². The number of hydrogen-bond donors (Lipinski definition) is 3. The molecule has 0 unspecified atom stereocenters. The van der Waals surface area contributed by atoms with Crippen LogP contribution in [0.5, 0.6) is 0 Å². The highest BCUT2D eigenvalue weighted by Gasteiger charge is 2.53. The number of likely N-dealkylation sites (tertiary alicyclic amines) is 1. The molecule has 0 radical (unpaired) electrons. The van der Waals surface area contributed by atoms with Crippen LogP contribution >= 0.6 is 0 Å². The van der Waals surface area contributed by atoms with Crippen LogP contribution in [-0.2, 0) is 25.7 Å². The summed E-state index contributed by atoms with van der Waals surface area (Å²) in [5.41, 5.74) is 0.485. The molecule has 190 valence electrons. The Labute approximate surface area is 200 Å². The second-order valence-electron chi connectivity index (χ2n) is 9.25. The maximum Gasteiger partial charge on any atom is 0.290 e. The highest BCUT2D eigenvalue weighted by molar-refractivity contribution is 5.85. The molecule has 0 aromatic carbocycles. The van der Waals surface area contributed by atoms with Crippen LogP contribution in [0.25, 0.3) is 0 Å². The van der Waals surface area contributed by atoms with Gasteiger partial charge in [-0.05, 0) is 44.6 Å². The molecule has 11 nitrogen and oxygen atoms in total. The predicted octanol–water partition coefficient (Wildman–Crippen LogP) is -0.280. The summed E-state index contributed by atoms with van der Waals surface area (Å²) < 4.78 is 7.39. The fraction of sp³-hybridized carbons (Fsp3) is 0.739. The number of amides is 2. The number of hydrogen-bond acceptors (Lipinski definition) is 7. The molecule has 0 spiro atoms. The average Bonchev–Trinajstić information content (AvgIpc) is 3.28. The third-order valence-corrected chi connectivity index (χ3v) is 7.52. The molecule has 1 saturated carbocycles. The monoisotopic (exact) mass is 479 g/mol. The van der Waals surface area contributed by atoms with Gasteiger partial charge in [-0.25, -0.2) is 0 Å². The number of fused-ring (bicyclic) bond motifs is 1. The molecule has 2 amide bonds. The first kappa shape index (κ1) is 26.1. The van der Waals surface area contributed by atoms with Gasteiger partial charge in [0.25, 0.3) is 6.47 Å². The predicted molar refractivity (Wildman–Crippen MR) is 123 cm³/mol. The summed E-state index contributed by atoms with van der Waals surface area (Å²) in [6.07, 6.45) is 5.26. The Morgan fingerprint density at radius 1 is 1.29 bits per heavy atom. The minimum Gasteiger partial charge on any atom is -0.483 e. The fourth-order valence-electron chi connectivity index (χ4n) is 5.68. The third kappa shape index (κ3) is 5.94. The molecule has 1 aromatic rings. The average molecular weight is 480 g/mol. The van der Waals surface area contributed by atoms with Gasteiger partial charge in [-0.15, -0.1) is 0 Å². The van der Waals surface area contributed by atoms with Gasteiger partial charge in [0.2, 0.25) is 11.8 Å². The number of aliphatic hydroxyl groups is 1. The number of aromatic nitrogens is 2. The van der Waals surface area contributed by atoms with E-state index in [1.807, 2.05) is 17.7 Å². The quantitative estimate of drug-likeness (QED) is 0.474. The Bertz CT molecular complexity index is 827. The summed E-state index contributed by atoms with van der Waals surface area (Å²) >= 11 is 0. The zero-order valence-electron chi connectivity index (χ0n) is 19.9. The van der Waals surface area contributed by atoms with E-state index in [0.29, 0.717) is 32.2 Å². The van der Waals surface area contributed by atoms with E-state index in [1.54, 1.807) is 11.1 Å². The van der Waals surface area contributed by atoms with Crippen LogP contribution in [0.2, 0.25) is 0 Å². The number of aryl methyl sites for hydroxylation is 1. The van der Waals surface area contributed by atoms with Crippen LogP contribution in [0.1, 0.15) is 31.4 Å². The van der Waals surface area contributed by atoms with Crippen LogP contribution < -0.4 is 5.32 Å². The van der Waals surface area contributed by atoms with Crippen molar-refractivity contribution >= 4 is 18.3 Å². The van der Waals surface area contributed by atoms with E-state index in [4.69, 9.17) is 14.6 Å². The van der Waals surface area contributed by atoms with Crippen molar-refractivity contribution in [3.8, 4) is 0 Å². The summed E-state index contributed by atoms with van der Waals surface area (Å²) in [6.45, 7) is 6.85. The molecule has 34 heavy (non-hydrogen) atoms. The van der Waals surface area contributed by atoms with Crippen molar-refractivity contribution in [1.29, 1.82) is 0 Å². The molecular weight excluding hydrogens is 442 g/mol. The fourth-order valence-corrected chi connectivity index (χ4v) is 5.68. The molecule has 3 N–H and O–H groups in total. The zero-order valence-corrected chi connectivity index (χ0v) is 19.9. The van der Waals surface area contributed by atoms with Gasteiger partial charge in [-0.3, -0.25) is 24.0 Å². The Morgan fingerprint density at radius 3 is 2.68 bits per heavy atom. The normalized spacial score (nSPS) is 27.2. The summed E-state index contributed by atoms with van der Waals surface area (Å²) in [6, 6.07) is 2.42. The summed E-state index contributed by atoms with van der Waals surface area (Å²) in [5, 5.41) is 23.7. The van der Waals surface area contributed by atoms with Crippen molar-refractivity contribution in [1.82, 2.24) is 24.9 Å². The number of piperidine rings is 1. The van der Waals surface area contributed by atoms with Gasteiger partial charge in [0, 0.05) is 50.7 Å². The van der Waals surface area contributed by atoms with E-state index in [1.165, 1.54) is 0 Å². The number of morpholine rings is 1. The molecule has 3 aliphatic rings. The number of carboxylic acid groups (broad SMARTS) is 1. The van der Waals surface area contributed by atoms with Crippen molar-refractivity contribution in [2.75, 3.05) is 52.5 Å². The lowest BCUT2D eigenvalue weighted by atomic mass is 9.61. The maximum atomic E-state index is 13.5. The second kappa shape index (κ2) is 12.3. The molecule has 4 rings (SSSR count). The molecule has 1 aliphatic carbocycles. The molecule has 2 aliphatic heterocycles. The van der Waals surface area contributed by atoms with Crippen molar-refractivity contribution < 1.29 is 29.3 Å². The van der Waals surface area contributed by atoms with Gasteiger partial charge in [-0.2, -0.15) is 5.10 Å². The van der Waals surface area contributed by atoms with Gasteiger partial charge in [0.15, 0.2) is 0 Å². The minimum atomic E-state index is -0.578. The molecule has 3 atom stereocenters. The topological polar surface area (TPSA) is 137 Å². The van der Waals surface area contributed by atoms with Gasteiger partial charge in [0.05, 0.1) is 25.2 Å². The van der Waals surface area contributed by atoms with Crippen LogP contribution in [0, 0.1) is 18.3 Å². The number of aliphatic hydroxyl groups excluding tert-OH is 1. The summed E-state index contributed by atoms with van der Waals surface area (Å²) in [4.78, 5) is 38.3. The second-order valence-corrected chi connectivity index (χ2v) is 9.25. The van der Waals surface area contributed by atoms with E-state index in [9.17, 15) is 14.7 Å². The van der Waals surface area contributed by atoms with Gasteiger partial charge >= 0.3 is 0 Å². The van der Waals surface area contributed by atoms with Crippen LogP contribution in [0.15, 0.2) is 12.3 Å². The lowest BCUT2D eigenvalue weighted by molar-refractivity contribution is -0.152. The number of carbonyl (C=O) groups is 3. The van der Waals surface area contributed by atoms with Crippen LogP contribution in [0.3, 0.4) is 0 Å². The number of nitrogens with one attached hydrogen (secondary N) is 1. The lowest BCUT2D eigenvalue weighted by Gasteiger charge is -2.53. The molecule has 2 saturated heterocycles. The Hall–Kier alpha value is -2.50. The van der Waals surface area contributed by atoms with Crippen molar-refractivity contribution in [3.05, 3.63) is 18.0 Å². The first-order valence-electron chi connectivity index (χ1n) is 12.0. The smallest absolute Gasteiger partial charge is 0.290 e. The molecule has 3 heterocycles. The number of nitrogens with zero attached hydrogens (tertiary/aromatic N) is 4. The first-order chi connectivity index (χ1) is 16.4. The van der Waals surface area contributed by atoms with Crippen LogP contribution in [0.4, 0.5) is 0 Å². The number of carbonyl (C=O) groups excluding carboxylic acids is 2. The zero-order chi connectivity index (χ0) is 24.6. The third-order valence-electron chi connectivity index (χ3n) is 7.52. The first-order valence-corrected chi connectivity index (χ1v) is 12.0. The van der Waals surface area contributed by atoms with E-state index in [2.05, 4.69) is 15.3 Å². The van der Waals surface area contributed by atoms with E-state index in [0.717, 1.165) is 57.7 Å². The largest absolute Gasteiger partial charge is 0.483 e. The highest BCUT2D eigenvalue weighted by atomic mass is 16.5. The highest BCUT2D eigenvalue weighted by Crippen LogP contribution is 2.48. The van der Waals surface area contributed by atoms with E-state index < -0.39 is 12.0 Å². The SMILES string of the molecule is Cc1ccnn1CCNC(=O)[C@@]12CC[C@H](N3CCOCC3)C[C@H]1CCN(C(=O)CO)C2.O=CO. The Kier molecular flexibility index (Phi) is 9.43. The molecule has 0 bridgehead atoms. The molecule has 3 fully saturated rings. The van der Waals surface area contributed by atoms with Crippen molar-refractivity contribution in [3.63, 3.8) is 0 Å². The van der Waals surface area contributed by atoms with Gasteiger partial charge < -0.3 is 25.2 Å². The van der Waals surface area contributed by atoms with E-state index >= 15 is 0 Å². The lowest BCUT2D eigenvalue weighted by Crippen LogP contribution is -2.62. The molecule has 11 heteroatoms. The standard InChI is InChI=1S/C22H35N5O4.CH2O2/c1-17-3-6-24-27(17)9-7-23-21(30)22-5-2-19(25-10-12-31-13-11-25)14-18(22)4-8-26(16-22)20(29)15-28;2-1-3/h3,6,18-19,28H,2,4-5,7-16H2,1H3,(H,23,30);1H,(H,2,3)/t18-,19+,22-;/m1./s1. The maximum absolute atomic E-state index is 13.5. The summed E-state index contributed by atoms with van der Waals surface area (Å²) in [5.74, 6) is -0.00505. The van der Waals surface area contributed by atoms with Gasteiger partial charge in [-0.1, -0.05) is 0 Å². The molecular formula is C23H37N5O6. The Morgan fingerprint density at radius 2 is 2.03 bits per heavy atom. The number of ether oxygens (including phenoxy) is 1. The van der Waals surface area contributed by atoms with Crippen LogP contribution in [-0.4, -0.2) is 107 Å². The van der Waals surface area contributed by atoms with Crippen molar-refractivity contribution in [2.24, 2.45) is 11.3 Å². The van der Waals surface area contributed by atoms with Crippen molar-refractivity contribution in [2.45, 2.75) is 45.2 Å². The Balaban J connectivity index is 0.00000103.